The van der Waals surface area contributed by atoms with Crippen LogP contribution in [0.15, 0.2) is 30.5 Å². The van der Waals surface area contributed by atoms with Crippen molar-refractivity contribution < 1.29 is 9.18 Å². The van der Waals surface area contributed by atoms with E-state index in [2.05, 4.69) is 27.8 Å². The molecule has 5 nitrogen and oxygen atoms in total. The second-order valence-corrected chi connectivity index (χ2v) is 5.69. The number of H-pyrrole nitrogens is 1. The fourth-order valence-corrected chi connectivity index (χ4v) is 2.80. The molecule has 0 saturated carbocycles. The molecule has 7 heteroatoms. The minimum atomic E-state index is -0.379. The number of piperidine rings is 1. The average Bonchev–Trinajstić information content (AvgIpc) is 2.99. The van der Waals surface area contributed by atoms with Crippen molar-refractivity contribution in [3.8, 4) is 11.3 Å². The second-order valence-electron chi connectivity index (χ2n) is 5.69. The molecule has 2 atom stereocenters. The number of carbonyl (C=O) groups is 1. The summed E-state index contributed by atoms with van der Waals surface area (Å²) in [6.07, 6.45) is 2.34. The number of aromatic nitrogens is 2. The Kier molecular flexibility index (Phi) is 5.74. The molecule has 1 aromatic heterocycles. The van der Waals surface area contributed by atoms with Crippen LogP contribution in [0, 0.1) is 11.7 Å². The lowest BCUT2D eigenvalue weighted by atomic mass is 9.95. The van der Waals surface area contributed by atoms with Gasteiger partial charge in [0.15, 0.2) is 0 Å². The van der Waals surface area contributed by atoms with Crippen LogP contribution in [0.25, 0.3) is 11.3 Å². The van der Waals surface area contributed by atoms with Crippen LogP contribution in [0.1, 0.15) is 23.7 Å². The van der Waals surface area contributed by atoms with Gasteiger partial charge in [-0.25, -0.2) is 4.39 Å². The number of hydrogen-bond donors (Lipinski definition) is 3. The topological polar surface area (TPSA) is 69.8 Å². The van der Waals surface area contributed by atoms with Gasteiger partial charge < -0.3 is 10.6 Å². The summed E-state index contributed by atoms with van der Waals surface area (Å²) in [5, 5.41) is 13.0. The van der Waals surface area contributed by atoms with Crippen molar-refractivity contribution in [3.63, 3.8) is 0 Å². The summed E-state index contributed by atoms with van der Waals surface area (Å²) in [5.41, 5.74) is 1.14. The molecule has 2 heterocycles. The molecule has 1 amide bonds. The van der Waals surface area contributed by atoms with E-state index in [0.717, 1.165) is 19.5 Å². The molecule has 3 rings (SSSR count). The third-order valence-electron chi connectivity index (χ3n) is 4.13. The summed E-state index contributed by atoms with van der Waals surface area (Å²) < 4.78 is 13.9. The minimum Gasteiger partial charge on any atom is -0.349 e. The Balaban J connectivity index is 0.00000192. The number of amides is 1. The van der Waals surface area contributed by atoms with Crippen molar-refractivity contribution >= 4 is 18.3 Å². The van der Waals surface area contributed by atoms with E-state index in [1.165, 1.54) is 12.3 Å². The first-order valence-electron chi connectivity index (χ1n) is 7.46. The number of rotatable bonds is 3. The van der Waals surface area contributed by atoms with Crippen LogP contribution in [0.3, 0.4) is 0 Å². The molecule has 0 radical (unpaired) electrons. The van der Waals surface area contributed by atoms with Crippen molar-refractivity contribution in [2.24, 2.45) is 5.92 Å². The van der Waals surface area contributed by atoms with E-state index in [-0.39, 0.29) is 30.2 Å². The van der Waals surface area contributed by atoms with E-state index < -0.39 is 0 Å². The maximum absolute atomic E-state index is 13.9. The highest BCUT2D eigenvalue weighted by molar-refractivity contribution is 5.99. The maximum atomic E-state index is 13.9. The fraction of sp³-hybridized carbons (Fsp3) is 0.375. The SMILES string of the molecule is CC1CNCCC1NC(=O)c1cn[nH]c1-c1ccccc1F.Cl. The predicted molar refractivity (Wildman–Crippen MR) is 89.1 cm³/mol. The lowest BCUT2D eigenvalue weighted by Gasteiger charge is -2.30. The second kappa shape index (κ2) is 7.57. The van der Waals surface area contributed by atoms with Gasteiger partial charge in [0, 0.05) is 11.6 Å². The van der Waals surface area contributed by atoms with E-state index in [9.17, 15) is 9.18 Å². The Morgan fingerprint density at radius 1 is 1.39 bits per heavy atom. The molecular weight excluding hydrogens is 319 g/mol. The highest BCUT2D eigenvalue weighted by Crippen LogP contribution is 2.24. The van der Waals surface area contributed by atoms with Crippen LogP contribution < -0.4 is 10.6 Å². The van der Waals surface area contributed by atoms with Crippen LogP contribution in [-0.2, 0) is 0 Å². The molecule has 1 fully saturated rings. The molecule has 1 aromatic carbocycles. The van der Waals surface area contributed by atoms with E-state index >= 15 is 0 Å². The van der Waals surface area contributed by atoms with Gasteiger partial charge in [0.2, 0.25) is 0 Å². The van der Waals surface area contributed by atoms with Crippen LogP contribution in [-0.4, -0.2) is 35.2 Å². The number of aromatic amines is 1. The highest BCUT2D eigenvalue weighted by Gasteiger charge is 2.25. The molecule has 1 saturated heterocycles. The van der Waals surface area contributed by atoms with Crippen molar-refractivity contribution in [1.82, 2.24) is 20.8 Å². The average molecular weight is 339 g/mol. The van der Waals surface area contributed by atoms with Gasteiger partial charge in [-0.15, -0.1) is 12.4 Å². The summed E-state index contributed by atoms with van der Waals surface area (Å²) in [6, 6.07) is 6.47. The van der Waals surface area contributed by atoms with Gasteiger partial charge in [0.25, 0.3) is 5.91 Å². The normalized spacial score (nSPS) is 20.6. The molecule has 23 heavy (non-hydrogen) atoms. The van der Waals surface area contributed by atoms with Gasteiger partial charge >= 0.3 is 0 Å². The number of nitrogens with one attached hydrogen (secondary N) is 3. The van der Waals surface area contributed by atoms with E-state index in [4.69, 9.17) is 0 Å². The van der Waals surface area contributed by atoms with Gasteiger partial charge in [0.05, 0.1) is 17.5 Å². The standard InChI is InChI=1S/C16H19FN4O.ClH/c1-10-8-18-7-6-14(10)20-16(22)12-9-19-21-15(12)11-4-2-3-5-13(11)17;/h2-5,9-10,14,18H,6-8H2,1H3,(H,19,21)(H,20,22);1H. The number of carbonyl (C=O) groups excluding carboxylic acids is 1. The minimum absolute atomic E-state index is 0. The molecule has 0 bridgehead atoms. The first-order chi connectivity index (χ1) is 10.7. The predicted octanol–water partition coefficient (Wildman–Crippen LogP) is 2.37. The van der Waals surface area contributed by atoms with Crippen LogP contribution >= 0.6 is 12.4 Å². The summed E-state index contributed by atoms with van der Waals surface area (Å²) >= 11 is 0. The zero-order valence-electron chi connectivity index (χ0n) is 12.8. The molecule has 2 unspecified atom stereocenters. The Morgan fingerprint density at radius 2 is 2.17 bits per heavy atom. The Hall–Kier alpha value is -1.92. The largest absolute Gasteiger partial charge is 0.349 e. The van der Waals surface area contributed by atoms with Gasteiger partial charge in [0.1, 0.15) is 5.82 Å². The zero-order valence-corrected chi connectivity index (χ0v) is 13.6. The molecule has 3 N–H and O–H groups in total. The van der Waals surface area contributed by atoms with Crippen LogP contribution in [0.5, 0.6) is 0 Å². The number of halogens is 2. The molecule has 1 aliphatic heterocycles. The summed E-state index contributed by atoms with van der Waals surface area (Å²) in [7, 11) is 0. The van der Waals surface area contributed by atoms with Gasteiger partial charge in [-0.05, 0) is 37.6 Å². The first-order valence-corrected chi connectivity index (χ1v) is 7.46. The summed E-state index contributed by atoms with van der Waals surface area (Å²) in [6.45, 7) is 3.88. The summed E-state index contributed by atoms with van der Waals surface area (Å²) in [4.78, 5) is 12.5. The Bertz CT molecular complexity index is 676. The molecule has 2 aromatic rings. The van der Waals surface area contributed by atoms with Crippen molar-refractivity contribution in [2.45, 2.75) is 19.4 Å². The zero-order chi connectivity index (χ0) is 15.5. The molecular formula is C16H20ClFN4O. The van der Waals surface area contributed by atoms with Crippen LogP contribution in [0.2, 0.25) is 0 Å². The molecule has 0 aliphatic carbocycles. The van der Waals surface area contributed by atoms with Gasteiger partial charge in [-0.1, -0.05) is 19.1 Å². The molecule has 124 valence electrons. The highest BCUT2D eigenvalue weighted by atomic mass is 35.5. The van der Waals surface area contributed by atoms with Crippen molar-refractivity contribution in [1.29, 1.82) is 0 Å². The lowest BCUT2D eigenvalue weighted by Crippen LogP contribution is -2.48. The third-order valence-corrected chi connectivity index (χ3v) is 4.13. The van der Waals surface area contributed by atoms with Gasteiger partial charge in [-0.3, -0.25) is 9.89 Å². The summed E-state index contributed by atoms with van der Waals surface area (Å²) in [5.74, 6) is -0.233. The monoisotopic (exact) mass is 338 g/mol. The number of nitrogens with zero attached hydrogens (tertiary/aromatic N) is 1. The Morgan fingerprint density at radius 3 is 2.91 bits per heavy atom. The lowest BCUT2D eigenvalue weighted by molar-refractivity contribution is 0.0915. The van der Waals surface area contributed by atoms with E-state index in [0.29, 0.717) is 22.7 Å². The third kappa shape index (κ3) is 3.71. The van der Waals surface area contributed by atoms with Crippen LogP contribution in [0.4, 0.5) is 4.39 Å². The van der Waals surface area contributed by atoms with Crippen molar-refractivity contribution in [3.05, 3.63) is 41.8 Å². The van der Waals surface area contributed by atoms with Gasteiger partial charge in [-0.2, -0.15) is 5.10 Å². The maximum Gasteiger partial charge on any atom is 0.255 e. The number of benzene rings is 1. The Labute approximate surface area is 140 Å². The number of hydrogen-bond acceptors (Lipinski definition) is 3. The van der Waals surface area contributed by atoms with E-state index in [1.54, 1.807) is 18.2 Å². The first kappa shape index (κ1) is 17.4. The quantitative estimate of drug-likeness (QED) is 0.804. The fourth-order valence-electron chi connectivity index (χ4n) is 2.80. The van der Waals surface area contributed by atoms with E-state index in [1.807, 2.05) is 0 Å². The molecule has 1 aliphatic rings. The van der Waals surface area contributed by atoms with Crippen molar-refractivity contribution in [2.75, 3.05) is 13.1 Å². The smallest absolute Gasteiger partial charge is 0.255 e. The molecule has 0 spiro atoms.